The van der Waals surface area contributed by atoms with E-state index >= 15 is 0 Å². The molecule has 7 heteroatoms. The van der Waals surface area contributed by atoms with Crippen molar-refractivity contribution >= 4 is 12.0 Å². The zero-order chi connectivity index (χ0) is 23.8. The van der Waals surface area contributed by atoms with Gasteiger partial charge in [-0.3, -0.25) is 4.79 Å². The summed E-state index contributed by atoms with van der Waals surface area (Å²) in [4.78, 5) is 15.3. The minimum atomic E-state index is -0.629. The van der Waals surface area contributed by atoms with E-state index in [0.29, 0.717) is 43.4 Å². The van der Waals surface area contributed by atoms with Gasteiger partial charge >= 0.3 is 0 Å². The number of rotatable bonds is 10. The predicted molar refractivity (Wildman–Crippen MR) is 126 cm³/mol. The van der Waals surface area contributed by atoms with Crippen LogP contribution < -0.4 is 14.8 Å². The standard InChI is InChI=1S/C26H32F2N2O3/c1-4-32-23-12-20(13-24(15-23)33-5-2)26(31)30(17-22-7-6-10-29-22)16-18(3)11-19-8-9-21(27)14-25(19)28/h8-9,11-15,22,29H,4-7,10,16-17H2,1-3H3/b18-11-. The number of carbonyl (C=O) groups is 1. The Morgan fingerprint density at radius 3 is 2.39 bits per heavy atom. The fourth-order valence-electron chi connectivity index (χ4n) is 4.01. The van der Waals surface area contributed by atoms with Crippen molar-refractivity contribution in [2.45, 2.75) is 39.7 Å². The van der Waals surface area contributed by atoms with Gasteiger partial charge in [0.2, 0.25) is 0 Å². The average molecular weight is 459 g/mol. The molecule has 1 heterocycles. The highest BCUT2D eigenvalue weighted by Crippen LogP contribution is 2.25. The average Bonchev–Trinajstić information content (AvgIpc) is 3.28. The van der Waals surface area contributed by atoms with Gasteiger partial charge < -0.3 is 19.7 Å². The molecule has 1 aliphatic rings. The van der Waals surface area contributed by atoms with E-state index < -0.39 is 11.6 Å². The smallest absolute Gasteiger partial charge is 0.254 e. The van der Waals surface area contributed by atoms with Crippen molar-refractivity contribution in [3.05, 3.63) is 64.7 Å². The van der Waals surface area contributed by atoms with Crippen LogP contribution in [0.4, 0.5) is 8.78 Å². The summed E-state index contributed by atoms with van der Waals surface area (Å²) in [6.07, 6.45) is 3.71. The van der Waals surface area contributed by atoms with E-state index in [-0.39, 0.29) is 17.5 Å². The van der Waals surface area contributed by atoms with E-state index in [1.54, 1.807) is 29.2 Å². The van der Waals surface area contributed by atoms with E-state index in [1.807, 2.05) is 20.8 Å². The molecule has 0 aliphatic carbocycles. The minimum Gasteiger partial charge on any atom is -0.494 e. The molecule has 1 atom stereocenters. The van der Waals surface area contributed by atoms with Gasteiger partial charge in [0.15, 0.2) is 0 Å². The Hall–Kier alpha value is -2.93. The lowest BCUT2D eigenvalue weighted by Crippen LogP contribution is -2.42. The van der Waals surface area contributed by atoms with Crippen molar-refractivity contribution in [2.24, 2.45) is 0 Å². The van der Waals surface area contributed by atoms with Crippen molar-refractivity contribution in [1.29, 1.82) is 0 Å². The highest BCUT2D eigenvalue weighted by atomic mass is 19.1. The molecule has 0 bridgehead atoms. The molecule has 1 fully saturated rings. The van der Waals surface area contributed by atoms with Gasteiger partial charge in [-0.05, 0) is 64.4 Å². The topological polar surface area (TPSA) is 50.8 Å². The van der Waals surface area contributed by atoms with Crippen LogP contribution in [-0.2, 0) is 0 Å². The molecule has 3 rings (SSSR count). The molecule has 33 heavy (non-hydrogen) atoms. The summed E-state index contributed by atoms with van der Waals surface area (Å²) in [5.41, 5.74) is 1.55. The van der Waals surface area contributed by atoms with E-state index in [0.717, 1.165) is 31.0 Å². The van der Waals surface area contributed by atoms with Crippen LogP contribution in [0, 0.1) is 11.6 Å². The van der Waals surface area contributed by atoms with Crippen molar-refractivity contribution in [1.82, 2.24) is 10.2 Å². The normalized spacial score (nSPS) is 16.0. The van der Waals surface area contributed by atoms with Crippen LogP contribution in [0.2, 0.25) is 0 Å². The Bertz CT molecular complexity index is 963. The third-order valence-corrected chi connectivity index (χ3v) is 5.44. The maximum absolute atomic E-state index is 14.1. The summed E-state index contributed by atoms with van der Waals surface area (Å²) in [6.45, 7) is 8.33. The Labute approximate surface area is 194 Å². The first-order chi connectivity index (χ1) is 15.9. The molecule has 1 amide bonds. The molecule has 1 unspecified atom stereocenters. The minimum absolute atomic E-state index is 0.154. The Morgan fingerprint density at radius 2 is 1.82 bits per heavy atom. The fraction of sp³-hybridized carbons (Fsp3) is 0.423. The third kappa shape index (κ3) is 7.02. The number of ether oxygens (including phenoxy) is 2. The molecule has 1 aliphatic heterocycles. The zero-order valence-electron chi connectivity index (χ0n) is 19.5. The molecule has 1 N–H and O–H groups in total. The second kappa shape index (κ2) is 11.8. The molecule has 1 saturated heterocycles. The Balaban J connectivity index is 1.88. The molecular weight excluding hydrogens is 426 g/mol. The van der Waals surface area contributed by atoms with Crippen molar-refractivity contribution in [3.63, 3.8) is 0 Å². The molecule has 178 valence electrons. The number of hydrogen-bond donors (Lipinski definition) is 1. The van der Waals surface area contributed by atoms with Gasteiger partial charge in [0, 0.05) is 42.4 Å². The van der Waals surface area contributed by atoms with Gasteiger partial charge in [-0.2, -0.15) is 0 Å². The lowest BCUT2D eigenvalue weighted by Gasteiger charge is -2.27. The second-order valence-corrected chi connectivity index (χ2v) is 8.19. The first kappa shape index (κ1) is 24.7. The van der Waals surface area contributed by atoms with Crippen LogP contribution in [0.25, 0.3) is 6.08 Å². The number of nitrogens with one attached hydrogen (secondary N) is 1. The van der Waals surface area contributed by atoms with Crippen LogP contribution >= 0.6 is 0 Å². The van der Waals surface area contributed by atoms with Crippen LogP contribution in [-0.4, -0.2) is 49.7 Å². The lowest BCUT2D eigenvalue weighted by molar-refractivity contribution is 0.0756. The van der Waals surface area contributed by atoms with Crippen molar-refractivity contribution < 1.29 is 23.0 Å². The molecule has 0 saturated carbocycles. The zero-order valence-corrected chi connectivity index (χ0v) is 19.5. The maximum atomic E-state index is 14.1. The van der Waals surface area contributed by atoms with Crippen molar-refractivity contribution in [2.75, 3.05) is 32.8 Å². The van der Waals surface area contributed by atoms with Crippen LogP contribution in [0.5, 0.6) is 11.5 Å². The van der Waals surface area contributed by atoms with Crippen LogP contribution in [0.15, 0.2) is 42.0 Å². The SMILES string of the molecule is CCOc1cc(OCC)cc(C(=O)N(C/C(C)=C\c2ccc(F)cc2F)CC2CCCN2)c1. The van der Waals surface area contributed by atoms with Crippen LogP contribution in [0.3, 0.4) is 0 Å². The third-order valence-electron chi connectivity index (χ3n) is 5.44. The molecule has 2 aromatic carbocycles. The lowest BCUT2D eigenvalue weighted by atomic mass is 10.1. The first-order valence-corrected chi connectivity index (χ1v) is 11.4. The quantitative estimate of drug-likeness (QED) is 0.541. The number of benzene rings is 2. The van der Waals surface area contributed by atoms with Gasteiger partial charge in [-0.1, -0.05) is 11.6 Å². The molecular formula is C26H32F2N2O3. The fourth-order valence-corrected chi connectivity index (χ4v) is 4.01. The van der Waals surface area contributed by atoms with Gasteiger partial charge in [-0.25, -0.2) is 8.78 Å². The second-order valence-electron chi connectivity index (χ2n) is 8.19. The molecule has 0 aromatic heterocycles. The van der Waals surface area contributed by atoms with E-state index in [4.69, 9.17) is 9.47 Å². The number of halogens is 2. The van der Waals surface area contributed by atoms with Gasteiger partial charge in [0.1, 0.15) is 23.1 Å². The van der Waals surface area contributed by atoms with Gasteiger partial charge in [0.05, 0.1) is 13.2 Å². The highest BCUT2D eigenvalue weighted by Gasteiger charge is 2.24. The largest absolute Gasteiger partial charge is 0.494 e. The molecule has 2 aromatic rings. The van der Waals surface area contributed by atoms with E-state index in [2.05, 4.69) is 5.32 Å². The Morgan fingerprint density at radius 1 is 1.12 bits per heavy atom. The summed E-state index contributed by atoms with van der Waals surface area (Å²) >= 11 is 0. The van der Waals surface area contributed by atoms with Crippen molar-refractivity contribution in [3.8, 4) is 11.5 Å². The number of hydrogen-bond acceptors (Lipinski definition) is 4. The van der Waals surface area contributed by atoms with Gasteiger partial charge in [0.25, 0.3) is 5.91 Å². The summed E-state index contributed by atoms with van der Waals surface area (Å²) in [5.74, 6) is -0.252. The summed E-state index contributed by atoms with van der Waals surface area (Å²) in [5, 5.41) is 3.43. The van der Waals surface area contributed by atoms with Crippen LogP contribution in [0.1, 0.15) is 49.5 Å². The summed E-state index contributed by atoms with van der Waals surface area (Å²) < 4.78 is 38.6. The molecule has 5 nitrogen and oxygen atoms in total. The monoisotopic (exact) mass is 458 g/mol. The molecule has 0 radical (unpaired) electrons. The van der Waals surface area contributed by atoms with Gasteiger partial charge in [-0.15, -0.1) is 0 Å². The van der Waals surface area contributed by atoms with E-state index in [9.17, 15) is 13.6 Å². The first-order valence-electron chi connectivity index (χ1n) is 11.4. The number of carbonyl (C=O) groups excluding carboxylic acids is 1. The summed E-state index contributed by atoms with van der Waals surface area (Å²) in [7, 11) is 0. The summed E-state index contributed by atoms with van der Waals surface area (Å²) in [6, 6.07) is 8.91. The Kier molecular flexibility index (Phi) is 8.83. The maximum Gasteiger partial charge on any atom is 0.254 e. The number of amides is 1. The van der Waals surface area contributed by atoms with E-state index in [1.165, 1.54) is 12.1 Å². The predicted octanol–water partition coefficient (Wildman–Crippen LogP) is 5.06. The highest BCUT2D eigenvalue weighted by molar-refractivity contribution is 5.95. The molecule has 0 spiro atoms. The number of nitrogens with zero attached hydrogens (tertiary/aromatic N) is 1.